The van der Waals surface area contributed by atoms with Gasteiger partial charge in [-0.15, -0.1) is 0 Å². The second-order valence-corrected chi connectivity index (χ2v) is 4.33. The summed E-state index contributed by atoms with van der Waals surface area (Å²) in [4.78, 5) is 2.25. The van der Waals surface area contributed by atoms with Crippen LogP contribution in [0.1, 0.15) is 0 Å². The zero-order valence-corrected chi connectivity index (χ0v) is 10.0. The van der Waals surface area contributed by atoms with Crippen LogP contribution in [0.5, 0.6) is 0 Å². The molecule has 1 N–H and O–H groups in total. The Kier molecular flexibility index (Phi) is 2.98. The van der Waals surface area contributed by atoms with Crippen molar-refractivity contribution in [3.63, 3.8) is 0 Å². The van der Waals surface area contributed by atoms with Gasteiger partial charge >= 0.3 is 0 Å². The maximum Gasteiger partial charge on any atom is 0.148 e. The summed E-state index contributed by atoms with van der Waals surface area (Å²) in [6.45, 7) is 3.88. The SMILES string of the molecule is Fc1ccccc1-n1cc(N2CCNCC2)cn1. The molecule has 1 aliphatic heterocycles. The number of anilines is 1. The van der Waals surface area contributed by atoms with Crippen LogP contribution < -0.4 is 10.2 Å². The molecule has 1 aromatic carbocycles. The van der Waals surface area contributed by atoms with Crippen LogP contribution in [0.4, 0.5) is 10.1 Å². The lowest BCUT2D eigenvalue weighted by molar-refractivity contribution is 0.589. The summed E-state index contributed by atoms with van der Waals surface area (Å²) >= 11 is 0. The van der Waals surface area contributed by atoms with Gasteiger partial charge < -0.3 is 10.2 Å². The number of nitrogens with zero attached hydrogens (tertiary/aromatic N) is 3. The molecule has 1 aliphatic rings. The van der Waals surface area contributed by atoms with E-state index in [1.807, 2.05) is 12.3 Å². The van der Waals surface area contributed by atoms with Crippen LogP contribution in [-0.2, 0) is 0 Å². The molecule has 5 heteroatoms. The van der Waals surface area contributed by atoms with E-state index in [4.69, 9.17) is 0 Å². The second kappa shape index (κ2) is 4.78. The van der Waals surface area contributed by atoms with Gasteiger partial charge in [0.2, 0.25) is 0 Å². The molecule has 0 radical (unpaired) electrons. The first-order chi connectivity index (χ1) is 8.84. The van der Waals surface area contributed by atoms with Crippen LogP contribution in [0.2, 0.25) is 0 Å². The minimum absolute atomic E-state index is 0.257. The van der Waals surface area contributed by atoms with Crippen molar-refractivity contribution in [2.75, 3.05) is 31.1 Å². The van der Waals surface area contributed by atoms with Gasteiger partial charge in [-0.2, -0.15) is 5.10 Å². The molecule has 2 aromatic rings. The van der Waals surface area contributed by atoms with Crippen LogP contribution in [0.15, 0.2) is 36.7 Å². The molecular formula is C13H15FN4. The summed E-state index contributed by atoms with van der Waals surface area (Å²) in [5, 5.41) is 7.54. The van der Waals surface area contributed by atoms with Crippen molar-refractivity contribution >= 4 is 5.69 Å². The first-order valence-electron chi connectivity index (χ1n) is 6.10. The summed E-state index contributed by atoms with van der Waals surface area (Å²) in [7, 11) is 0. The van der Waals surface area contributed by atoms with E-state index < -0.39 is 0 Å². The first-order valence-corrected chi connectivity index (χ1v) is 6.10. The van der Waals surface area contributed by atoms with Crippen molar-refractivity contribution in [1.82, 2.24) is 15.1 Å². The highest BCUT2D eigenvalue weighted by molar-refractivity contribution is 5.46. The zero-order chi connectivity index (χ0) is 12.4. The monoisotopic (exact) mass is 246 g/mol. The van der Waals surface area contributed by atoms with E-state index in [1.54, 1.807) is 23.0 Å². The van der Waals surface area contributed by atoms with Gasteiger partial charge in [0.1, 0.15) is 11.5 Å². The quantitative estimate of drug-likeness (QED) is 0.870. The highest BCUT2D eigenvalue weighted by atomic mass is 19.1. The number of halogens is 1. The predicted octanol–water partition coefficient (Wildman–Crippen LogP) is 1.42. The van der Waals surface area contributed by atoms with Crippen LogP contribution in [0.25, 0.3) is 5.69 Å². The molecule has 18 heavy (non-hydrogen) atoms. The summed E-state index contributed by atoms with van der Waals surface area (Å²) in [6, 6.07) is 6.66. The highest BCUT2D eigenvalue weighted by Crippen LogP contribution is 2.18. The van der Waals surface area contributed by atoms with Crippen molar-refractivity contribution in [3.8, 4) is 5.69 Å². The van der Waals surface area contributed by atoms with Crippen molar-refractivity contribution in [2.24, 2.45) is 0 Å². The molecule has 0 bridgehead atoms. The third-order valence-electron chi connectivity index (χ3n) is 3.15. The highest BCUT2D eigenvalue weighted by Gasteiger charge is 2.13. The lowest BCUT2D eigenvalue weighted by Gasteiger charge is -2.27. The van der Waals surface area contributed by atoms with Gasteiger partial charge in [0.05, 0.1) is 18.1 Å². The van der Waals surface area contributed by atoms with Gasteiger partial charge in [-0.25, -0.2) is 9.07 Å². The van der Waals surface area contributed by atoms with E-state index in [1.165, 1.54) is 6.07 Å². The lowest BCUT2D eigenvalue weighted by atomic mass is 10.3. The van der Waals surface area contributed by atoms with E-state index in [0.717, 1.165) is 31.9 Å². The average Bonchev–Trinajstić information content (AvgIpc) is 2.90. The van der Waals surface area contributed by atoms with Crippen molar-refractivity contribution < 1.29 is 4.39 Å². The molecule has 0 unspecified atom stereocenters. The lowest BCUT2D eigenvalue weighted by Crippen LogP contribution is -2.43. The van der Waals surface area contributed by atoms with Crippen LogP contribution in [-0.4, -0.2) is 36.0 Å². The fourth-order valence-corrected chi connectivity index (χ4v) is 2.17. The predicted molar refractivity (Wildman–Crippen MR) is 68.6 cm³/mol. The Hall–Kier alpha value is -1.88. The van der Waals surface area contributed by atoms with Crippen molar-refractivity contribution in [2.45, 2.75) is 0 Å². The number of piperazine rings is 1. The molecule has 1 aromatic heterocycles. The molecule has 94 valence electrons. The molecule has 0 spiro atoms. The number of nitrogens with one attached hydrogen (secondary N) is 1. The smallest absolute Gasteiger partial charge is 0.148 e. The summed E-state index contributed by atoms with van der Waals surface area (Å²) in [5.74, 6) is -0.257. The largest absolute Gasteiger partial charge is 0.366 e. The van der Waals surface area contributed by atoms with E-state index in [0.29, 0.717) is 5.69 Å². The van der Waals surface area contributed by atoms with Crippen LogP contribution in [0.3, 0.4) is 0 Å². The normalized spacial score (nSPS) is 15.9. The van der Waals surface area contributed by atoms with Crippen LogP contribution in [0, 0.1) is 5.82 Å². The Morgan fingerprint density at radius 2 is 1.94 bits per heavy atom. The second-order valence-electron chi connectivity index (χ2n) is 4.33. The number of hydrogen-bond acceptors (Lipinski definition) is 3. The molecular weight excluding hydrogens is 231 g/mol. The van der Waals surface area contributed by atoms with E-state index in [-0.39, 0.29) is 5.82 Å². The maximum absolute atomic E-state index is 13.6. The number of rotatable bonds is 2. The summed E-state index contributed by atoms with van der Waals surface area (Å²) in [5.41, 5.74) is 1.53. The van der Waals surface area contributed by atoms with Crippen molar-refractivity contribution in [1.29, 1.82) is 0 Å². The Morgan fingerprint density at radius 1 is 1.17 bits per heavy atom. The Labute approximate surface area is 105 Å². The van der Waals surface area contributed by atoms with Gasteiger partial charge in [-0.3, -0.25) is 0 Å². The third kappa shape index (κ3) is 2.09. The maximum atomic E-state index is 13.6. The Morgan fingerprint density at radius 3 is 2.72 bits per heavy atom. The topological polar surface area (TPSA) is 33.1 Å². The van der Waals surface area contributed by atoms with Crippen LogP contribution >= 0.6 is 0 Å². The number of aromatic nitrogens is 2. The van der Waals surface area contributed by atoms with E-state index >= 15 is 0 Å². The van der Waals surface area contributed by atoms with Gasteiger partial charge in [0.15, 0.2) is 0 Å². The Balaban J connectivity index is 1.87. The number of benzene rings is 1. The third-order valence-corrected chi connectivity index (χ3v) is 3.15. The fourth-order valence-electron chi connectivity index (χ4n) is 2.17. The first kappa shape index (κ1) is 11.2. The fraction of sp³-hybridized carbons (Fsp3) is 0.308. The molecule has 0 amide bonds. The van der Waals surface area contributed by atoms with Gasteiger partial charge in [0.25, 0.3) is 0 Å². The average molecular weight is 246 g/mol. The Bertz CT molecular complexity index is 531. The van der Waals surface area contributed by atoms with Crippen molar-refractivity contribution in [3.05, 3.63) is 42.5 Å². The summed E-state index contributed by atoms with van der Waals surface area (Å²) in [6.07, 6.45) is 3.67. The molecule has 2 heterocycles. The molecule has 0 aliphatic carbocycles. The number of para-hydroxylation sites is 1. The van der Waals surface area contributed by atoms with Gasteiger partial charge in [0, 0.05) is 26.2 Å². The van der Waals surface area contributed by atoms with Gasteiger partial charge in [-0.1, -0.05) is 12.1 Å². The minimum atomic E-state index is -0.257. The molecule has 4 nitrogen and oxygen atoms in total. The molecule has 1 saturated heterocycles. The standard InChI is InChI=1S/C13H15FN4/c14-12-3-1-2-4-13(12)18-10-11(9-16-18)17-7-5-15-6-8-17/h1-4,9-10,15H,5-8H2. The molecule has 0 atom stereocenters. The van der Waals surface area contributed by atoms with E-state index in [9.17, 15) is 4.39 Å². The van der Waals surface area contributed by atoms with E-state index in [2.05, 4.69) is 15.3 Å². The van der Waals surface area contributed by atoms with Gasteiger partial charge in [-0.05, 0) is 12.1 Å². The molecule has 0 saturated carbocycles. The summed E-state index contributed by atoms with van der Waals surface area (Å²) < 4.78 is 15.2. The minimum Gasteiger partial charge on any atom is -0.366 e. The molecule has 3 rings (SSSR count). The zero-order valence-electron chi connectivity index (χ0n) is 10.0. The molecule has 1 fully saturated rings. The number of hydrogen-bond donors (Lipinski definition) is 1.